The molecular weight excluding hydrogens is 242 g/mol. The number of urea groups is 1. The van der Waals surface area contributed by atoms with Crippen molar-refractivity contribution in [2.24, 2.45) is 0 Å². The molecule has 1 radical (unpaired) electrons. The van der Waals surface area contributed by atoms with E-state index in [1.807, 2.05) is 6.07 Å². The number of aromatic nitrogens is 1. The Balaban J connectivity index is 2.00. The summed E-state index contributed by atoms with van der Waals surface area (Å²) >= 11 is 0. The van der Waals surface area contributed by atoms with E-state index in [1.54, 1.807) is 55.1 Å². The summed E-state index contributed by atoms with van der Waals surface area (Å²) < 4.78 is 0. The van der Waals surface area contributed by atoms with E-state index in [2.05, 4.69) is 10.3 Å². The van der Waals surface area contributed by atoms with E-state index in [4.69, 9.17) is 0 Å². The lowest BCUT2D eigenvalue weighted by Crippen LogP contribution is -2.38. The molecule has 1 aromatic heterocycles. The molecule has 1 N–H and O–H groups in total. The van der Waals surface area contributed by atoms with Gasteiger partial charge in [-0.05, 0) is 24.3 Å². The lowest BCUT2D eigenvalue weighted by Gasteiger charge is -2.15. The topological polar surface area (TPSA) is 62.3 Å². The number of hydrogen-bond donors (Lipinski definition) is 1. The number of anilines is 1. The average Bonchev–Trinajstić information content (AvgIpc) is 2.48. The SMILES string of the molecule is O=[C]N(C(=O)NCc1ccccn1)c1ccccc1. The summed E-state index contributed by atoms with van der Waals surface area (Å²) in [5.41, 5.74) is 1.19. The molecule has 5 heteroatoms. The second-order valence-electron chi connectivity index (χ2n) is 3.74. The second-order valence-corrected chi connectivity index (χ2v) is 3.74. The molecule has 2 rings (SSSR count). The molecule has 19 heavy (non-hydrogen) atoms. The summed E-state index contributed by atoms with van der Waals surface area (Å²) in [6, 6.07) is 13.5. The summed E-state index contributed by atoms with van der Waals surface area (Å²) in [5.74, 6) is 0. The minimum absolute atomic E-state index is 0.255. The highest BCUT2D eigenvalue weighted by Crippen LogP contribution is 2.11. The first-order valence-electron chi connectivity index (χ1n) is 5.72. The lowest BCUT2D eigenvalue weighted by atomic mass is 10.3. The molecule has 95 valence electrons. The van der Waals surface area contributed by atoms with Gasteiger partial charge in [0.15, 0.2) is 0 Å². The van der Waals surface area contributed by atoms with Crippen molar-refractivity contribution in [3.8, 4) is 0 Å². The fraction of sp³-hybridized carbons (Fsp3) is 0.0714. The van der Waals surface area contributed by atoms with Crippen LogP contribution in [0.4, 0.5) is 10.5 Å². The number of nitrogens with one attached hydrogen (secondary N) is 1. The molecule has 0 saturated carbocycles. The minimum atomic E-state index is -0.535. The number of carbonyl (C=O) groups is 1. The third-order valence-corrected chi connectivity index (χ3v) is 2.46. The molecule has 0 aliphatic heterocycles. The van der Waals surface area contributed by atoms with Crippen LogP contribution in [0.5, 0.6) is 0 Å². The predicted octanol–water partition coefficient (Wildman–Crippen LogP) is 1.86. The third-order valence-electron chi connectivity index (χ3n) is 2.46. The Labute approximate surface area is 110 Å². The van der Waals surface area contributed by atoms with Crippen LogP contribution >= 0.6 is 0 Å². The Hall–Kier alpha value is -2.69. The maximum Gasteiger partial charge on any atom is 0.329 e. The normalized spacial score (nSPS) is 9.68. The van der Waals surface area contributed by atoms with Crippen LogP contribution in [0.2, 0.25) is 0 Å². The number of rotatable bonds is 4. The molecule has 3 amide bonds. The maximum absolute atomic E-state index is 11.9. The van der Waals surface area contributed by atoms with E-state index >= 15 is 0 Å². The van der Waals surface area contributed by atoms with Crippen molar-refractivity contribution in [1.82, 2.24) is 10.3 Å². The van der Waals surface area contributed by atoms with Crippen molar-refractivity contribution in [2.45, 2.75) is 6.54 Å². The van der Waals surface area contributed by atoms with E-state index in [0.717, 1.165) is 10.6 Å². The van der Waals surface area contributed by atoms with Crippen LogP contribution in [0.15, 0.2) is 54.7 Å². The number of amides is 3. The van der Waals surface area contributed by atoms with Crippen molar-refractivity contribution < 1.29 is 9.59 Å². The Bertz CT molecular complexity index is 543. The van der Waals surface area contributed by atoms with Gasteiger partial charge in [-0.25, -0.2) is 9.69 Å². The minimum Gasteiger partial charge on any atom is -0.332 e. The second kappa shape index (κ2) is 6.30. The summed E-state index contributed by atoms with van der Waals surface area (Å²) in [5, 5.41) is 2.61. The van der Waals surface area contributed by atoms with Gasteiger partial charge in [-0.15, -0.1) is 0 Å². The van der Waals surface area contributed by atoms with Crippen molar-refractivity contribution in [3.05, 3.63) is 60.4 Å². The van der Waals surface area contributed by atoms with Crippen LogP contribution in [0.3, 0.4) is 0 Å². The molecule has 2 aromatic rings. The van der Waals surface area contributed by atoms with Crippen molar-refractivity contribution in [1.29, 1.82) is 0 Å². The number of imide groups is 1. The summed E-state index contributed by atoms with van der Waals surface area (Å²) in [6.45, 7) is 0.255. The number of para-hydroxylation sites is 1. The Morgan fingerprint density at radius 2 is 1.89 bits per heavy atom. The van der Waals surface area contributed by atoms with Gasteiger partial charge in [-0.1, -0.05) is 24.3 Å². The van der Waals surface area contributed by atoms with Gasteiger partial charge in [0.25, 0.3) is 0 Å². The molecule has 0 spiro atoms. The highest BCUT2D eigenvalue weighted by molar-refractivity contribution is 6.06. The first kappa shape index (κ1) is 12.8. The zero-order valence-corrected chi connectivity index (χ0v) is 10.1. The molecule has 1 aromatic carbocycles. The van der Waals surface area contributed by atoms with E-state index in [9.17, 15) is 9.59 Å². The number of nitrogens with zero attached hydrogens (tertiary/aromatic N) is 2. The van der Waals surface area contributed by atoms with Gasteiger partial charge in [0.1, 0.15) is 0 Å². The van der Waals surface area contributed by atoms with Gasteiger partial charge >= 0.3 is 12.4 Å². The Morgan fingerprint density at radius 3 is 2.53 bits per heavy atom. The standard InChI is InChI=1S/C14H12N3O2/c18-11-17(13-7-2-1-3-8-13)14(19)16-10-12-6-4-5-9-15-12/h1-9H,10H2,(H,16,19). The van der Waals surface area contributed by atoms with Crippen LogP contribution < -0.4 is 10.2 Å². The highest BCUT2D eigenvalue weighted by Gasteiger charge is 2.15. The van der Waals surface area contributed by atoms with Gasteiger partial charge in [0.05, 0.1) is 17.9 Å². The largest absolute Gasteiger partial charge is 0.332 e. The summed E-state index contributed by atoms with van der Waals surface area (Å²) in [6.07, 6.45) is 3.25. The zero-order valence-electron chi connectivity index (χ0n) is 10.1. The van der Waals surface area contributed by atoms with Gasteiger partial charge < -0.3 is 5.32 Å². The molecule has 0 bridgehead atoms. The molecular formula is C14H12N3O2. The van der Waals surface area contributed by atoms with Crippen molar-refractivity contribution in [3.63, 3.8) is 0 Å². The highest BCUT2D eigenvalue weighted by atomic mass is 16.2. The molecule has 0 unspecified atom stereocenters. The van der Waals surface area contributed by atoms with Gasteiger partial charge in [-0.3, -0.25) is 9.78 Å². The molecule has 0 atom stereocenters. The fourth-order valence-corrected chi connectivity index (χ4v) is 1.54. The number of hydrogen-bond acceptors (Lipinski definition) is 3. The molecule has 0 aliphatic rings. The third kappa shape index (κ3) is 3.38. The number of benzene rings is 1. The van der Waals surface area contributed by atoms with Gasteiger partial charge in [0, 0.05) is 6.20 Å². The summed E-state index contributed by atoms with van der Waals surface area (Å²) in [4.78, 5) is 27.7. The monoisotopic (exact) mass is 254 g/mol. The van der Waals surface area contributed by atoms with Crippen molar-refractivity contribution >= 4 is 18.1 Å². The number of pyridine rings is 1. The lowest BCUT2D eigenvalue weighted by molar-refractivity contribution is 0.248. The molecule has 5 nitrogen and oxygen atoms in total. The van der Waals surface area contributed by atoms with Crippen LogP contribution in [0, 0.1) is 0 Å². The predicted molar refractivity (Wildman–Crippen MR) is 71.1 cm³/mol. The molecule has 0 saturated heterocycles. The zero-order chi connectivity index (χ0) is 13.5. The fourth-order valence-electron chi connectivity index (χ4n) is 1.54. The van der Waals surface area contributed by atoms with E-state index in [0.29, 0.717) is 5.69 Å². The van der Waals surface area contributed by atoms with Gasteiger partial charge in [-0.2, -0.15) is 0 Å². The average molecular weight is 254 g/mol. The molecule has 0 fully saturated rings. The van der Waals surface area contributed by atoms with Crippen molar-refractivity contribution in [2.75, 3.05) is 4.90 Å². The quantitative estimate of drug-likeness (QED) is 0.847. The molecule has 0 aliphatic carbocycles. The van der Waals surface area contributed by atoms with E-state index in [-0.39, 0.29) is 6.54 Å². The maximum atomic E-state index is 11.9. The summed E-state index contributed by atoms with van der Waals surface area (Å²) in [7, 11) is 0. The van der Waals surface area contributed by atoms with Crippen LogP contribution in [0.1, 0.15) is 5.69 Å². The smallest absolute Gasteiger partial charge is 0.329 e. The van der Waals surface area contributed by atoms with Crippen LogP contribution in [-0.2, 0) is 11.3 Å². The first-order chi connectivity index (χ1) is 9.31. The Kier molecular flexibility index (Phi) is 4.23. The first-order valence-corrected chi connectivity index (χ1v) is 5.72. The number of carbonyl (C=O) groups excluding carboxylic acids is 2. The van der Waals surface area contributed by atoms with Gasteiger partial charge in [0.2, 0.25) is 0 Å². The molecule has 1 heterocycles. The van der Waals surface area contributed by atoms with Crippen LogP contribution in [-0.4, -0.2) is 17.4 Å². The Morgan fingerprint density at radius 1 is 1.16 bits per heavy atom. The van der Waals surface area contributed by atoms with Crippen LogP contribution in [0.25, 0.3) is 0 Å². The van der Waals surface area contributed by atoms with E-state index in [1.165, 1.54) is 0 Å². The van der Waals surface area contributed by atoms with E-state index < -0.39 is 6.03 Å².